The molecule has 1 aromatic rings. The molecular weight excluding hydrogens is 320 g/mol. The van der Waals surface area contributed by atoms with Gasteiger partial charge in [0.05, 0.1) is 21.9 Å². The average molecular weight is 342 g/mol. The van der Waals surface area contributed by atoms with Gasteiger partial charge in [-0.05, 0) is 42.4 Å². The number of hydrogen-bond donors (Lipinski definition) is 0. The molecule has 0 amide bonds. The van der Waals surface area contributed by atoms with Gasteiger partial charge in [-0.3, -0.25) is 0 Å². The van der Waals surface area contributed by atoms with E-state index >= 15 is 0 Å². The van der Waals surface area contributed by atoms with Gasteiger partial charge in [0, 0.05) is 0 Å². The molecule has 0 heterocycles. The molecule has 1 atom stereocenters. The van der Waals surface area contributed by atoms with Crippen LogP contribution < -0.4 is 0 Å². The molecule has 1 saturated carbocycles. The summed E-state index contributed by atoms with van der Waals surface area (Å²) >= 11 is 0. The average Bonchev–Trinajstić information content (AvgIpc) is 2.63. The first-order chi connectivity index (χ1) is 11.4. The molecule has 0 saturated heterocycles. The van der Waals surface area contributed by atoms with Crippen molar-refractivity contribution in [2.75, 3.05) is 0 Å². The summed E-state index contributed by atoms with van der Waals surface area (Å²) in [5.74, 6) is -0.301. The highest BCUT2D eigenvalue weighted by Gasteiger charge is 2.27. The van der Waals surface area contributed by atoms with Gasteiger partial charge in [0.15, 0.2) is 5.92 Å². The molecule has 1 aliphatic carbocycles. The third-order valence-corrected chi connectivity index (χ3v) is 6.82. The smallest absolute Gasteiger partial charge is 0.204 e. The standard InChI is InChI=1S/C19H22N2O2S/c1-14(16-6-4-3-5-7-16)17-8-10-19(11-9-17)24(22,23)15(2)18(12-20)13-21/h8-11,14,16,18H,2-7H2,1H3. The molecule has 2 rings (SSSR count). The van der Waals surface area contributed by atoms with Crippen molar-refractivity contribution in [1.29, 1.82) is 10.5 Å². The minimum absolute atomic E-state index is 0.0857. The summed E-state index contributed by atoms with van der Waals surface area (Å²) in [6.07, 6.45) is 6.30. The number of nitrogens with zero attached hydrogens (tertiary/aromatic N) is 2. The van der Waals surface area contributed by atoms with E-state index in [-0.39, 0.29) is 9.80 Å². The second kappa shape index (κ2) is 7.64. The number of sulfone groups is 1. The maximum absolute atomic E-state index is 12.5. The van der Waals surface area contributed by atoms with Gasteiger partial charge in [0.25, 0.3) is 0 Å². The molecule has 126 valence electrons. The van der Waals surface area contributed by atoms with Crippen molar-refractivity contribution in [2.45, 2.75) is 49.8 Å². The van der Waals surface area contributed by atoms with Gasteiger partial charge in [-0.25, -0.2) is 8.42 Å². The van der Waals surface area contributed by atoms with Crippen LogP contribution in [0.15, 0.2) is 40.6 Å². The van der Waals surface area contributed by atoms with E-state index in [4.69, 9.17) is 10.5 Å². The van der Waals surface area contributed by atoms with E-state index in [9.17, 15) is 8.42 Å². The predicted octanol–water partition coefficient (Wildman–Crippen LogP) is 4.32. The van der Waals surface area contributed by atoms with Crippen molar-refractivity contribution in [3.8, 4) is 12.1 Å². The van der Waals surface area contributed by atoms with Crippen molar-refractivity contribution in [2.24, 2.45) is 11.8 Å². The normalized spacial score (nSPS) is 17.0. The molecular formula is C19H22N2O2S. The zero-order valence-electron chi connectivity index (χ0n) is 13.9. The van der Waals surface area contributed by atoms with Crippen LogP contribution >= 0.6 is 0 Å². The van der Waals surface area contributed by atoms with Crippen LogP contribution in [0.1, 0.15) is 50.5 Å². The minimum atomic E-state index is -3.87. The van der Waals surface area contributed by atoms with Crippen molar-refractivity contribution in [1.82, 2.24) is 0 Å². The molecule has 0 aliphatic heterocycles. The lowest BCUT2D eigenvalue weighted by Crippen LogP contribution is -2.14. The minimum Gasteiger partial charge on any atom is -0.219 e. The first kappa shape index (κ1) is 18.2. The number of hydrogen-bond acceptors (Lipinski definition) is 4. The van der Waals surface area contributed by atoms with E-state index in [1.165, 1.54) is 32.1 Å². The lowest BCUT2D eigenvalue weighted by molar-refractivity contribution is 0.316. The van der Waals surface area contributed by atoms with Gasteiger partial charge in [-0.1, -0.05) is 44.9 Å². The molecule has 24 heavy (non-hydrogen) atoms. The highest BCUT2D eigenvalue weighted by Crippen LogP contribution is 2.36. The van der Waals surface area contributed by atoms with Crippen LogP contribution in [0.2, 0.25) is 0 Å². The van der Waals surface area contributed by atoms with E-state index in [2.05, 4.69) is 13.5 Å². The Bertz CT molecular complexity index is 762. The van der Waals surface area contributed by atoms with Crippen LogP contribution in [0.4, 0.5) is 0 Å². The van der Waals surface area contributed by atoms with Crippen LogP contribution in [0.3, 0.4) is 0 Å². The highest BCUT2D eigenvalue weighted by molar-refractivity contribution is 7.95. The van der Waals surface area contributed by atoms with Gasteiger partial charge in [-0.2, -0.15) is 10.5 Å². The summed E-state index contributed by atoms with van der Waals surface area (Å²) in [5, 5.41) is 17.7. The van der Waals surface area contributed by atoms with E-state index < -0.39 is 15.8 Å². The summed E-state index contributed by atoms with van der Waals surface area (Å²) < 4.78 is 24.9. The molecule has 1 aromatic carbocycles. The molecule has 4 nitrogen and oxygen atoms in total. The number of benzene rings is 1. The van der Waals surface area contributed by atoms with E-state index in [1.54, 1.807) is 24.3 Å². The Kier molecular flexibility index (Phi) is 5.80. The lowest BCUT2D eigenvalue weighted by atomic mass is 9.78. The van der Waals surface area contributed by atoms with Crippen molar-refractivity contribution in [3.63, 3.8) is 0 Å². The first-order valence-electron chi connectivity index (χ1n) is 8.25. The topological polar surface area (TPSA) is 81.7 Å². The monoisotopic (exact) mass is 342 g/mol. The third kappa shape index (κ3) is 3.68. The number of nitriles is 2. The summed E-state index contributed by atoms with van der Waals surface area (Å²) in [5.41, 5.74) is 1.13. The zero-order valence-corrected chi connectivity index (χ0v) is 14.7. The van der Waals surface area contributed by atoms with E-state index in [0.29, 0.717) is 11.8 Å². The fourth-order valence-electron chi connectivity index (χ4n) is 3.34. The van der Waals surface area contributed by atoms with Crippen molar-refractivity contribution < 1.29 is 8.42 Å². The number of rotatable bonds is 5. The molecule has 0 N–H and O–H groups in total. The molecule has 0 bridgehead atoms. The van der Waals surface area contributed by atoms with E-state index in [1.807, 2.05) is 12.1 Å². The molecule has 0 spiro atoms. The first-order valence-corrected chi connectivity index (χ1v) is 9.73. The van der Waals surface area contributed by atoms with Crippen LogP contribution in [0.5, 0.6) is 0 Å². The van der Waals surface area contributed by atoms with Crippen LogP contribution in [-0.2, 0) is 9.84 Å². The Morgan fingerprint density at radius 3 is 2.17 bits per heavy atom. The van der Waals surface area contributed by atoms with E-state index in [0.717, 1.165) is 5.56 Å². The van der Waals surface area contributed by atoms with Crippen molar-refractivity contribution in [3.05, 3.63) is 41.3 Å². The fraction of sp³-hybridized carbons (Fsp3) is 0.474. The summed E-state index contributed by atoms with van der Waals surface area (Å²) in [6, 6.07) is 10.1. The second-order valence-electron chi connectivity index (χ2n) is 6.42. The predicted molar refractivity (Wildman–Crippen MR) is 92.5 cm³/mol. The largest absolute Gasteiger partial charge is 0.219 e. The van der Waals surface area contributed by atoms with Gasteiger partial charge in [0.1, 0.15) is 0 Å². The van der Waals surface area contributed by atoms with Gasteiger partial charge in [0.2, 0.25) is 9.84 Å². The van der Waals surface area contributed by atoms with Gasteiger partial charge in [-0.15, -0.1) is 0 Å². The Labute approximate surface area is 144 Å². The molecule has 1 unspecified atom stereocenters. The maximum atomic E-state index is 12.5. The Balaban J connectivity index is 2.21. The maximum Gasteiger partial charge on any atom is 0.204 e. The highest BCUT2D eigenvalue weighted by atomic mass is 32.2. The van der Waals surface area contributed by atoms with Crippen LogP contribution in [0, 0.1) is 34.5 Å². The molecule has 1 aliphatic rings. The Morgan fingerprint density at radius 1 is 1.12 bits per heavy atom. The quantitative estimate of drug-likeness (QED) is 0.798. The molecule has 5 heteroatoms. The lowest BCUT2D eigenvalue weighted by Gasteiger charge is -2.28. The SMILES string of the molecule is C=C(C(C#N)C#N)S(=O)(=O)c1ccc(C(C)C2CCCCC2)cc1. The Morgan fingerprint density at radius 2 is 1.67 bits per heavy atom. The summed E-state index contributed by atoms with van der Waals surface area (Å²) in [6.45, 7) is 5.64. The van der Waals surface area contributed by atoms with Gasteiger partial charge < -0.3 is 0 Å². The third-order valence-electron chi connectivity index (χ3n) is 5.00. The van der Waals surface area contributed by atoms with Gasteiger partial charge >= 0.3 is 0 Å². The molecule has 0 radical (unpaired) electrons. The van der Waals surface area contributed by atoms with Crippen LogP contribution in [0.25, 0.3) is 0 Å². The molecule has 0 aromatic heterocycles. The molecule has 1 fully saturated rings. The Hall–Kier alpha value is -2.11. The number of allylic oxidation sites excluding steroid dienone is 1. The fourth-order valence-corrected chi connectivity index (χ4v) is 4.55. The zero-order chi connectivity index (χ0) is 17.7. The van der Waals surface area contributed by atoms with Crippen molar-refractivity contribution >= 4 is 9.84 Å². The summed E-state index contributed by atoms with van der Waals surface area (Å²) in [4.78, 5) is -0.275. The van der Waals surface area contributed by atoms with Crippen LogP contribution in [-0.4, -0.2) is 8.42 Å². The second-order valence-corrected chi connectivity index (χ2v) is 8.42. The summed E-state index contributed by atoms with van der Waals surface area (Å²) in [7, 11) is -3.87.